The lowest BCUT2D eigenvalue weighted by Gasteiger charge is -2.23. The van der Waals surface area contributed by atoms with Gasteiger partial charge in [-0.2, -0.15) is 5.10 Å². The lowest BCUT2D eigenvalue weighted by Crippen LogP contribution is -2.33. The Hall–Kier alpha value is -1.36. The van der Waals surface area contributed by atoms with E-state index >= 15 is 0 Å². The molecule has 1 aromatic heterocycles. The fraction of sp³-hybridized carbons (Fsp3) is 0.714. The summed E-state index contributed by atoms with van der Waals surface area (Å²) >= 11 is 0. The van der Waals surface area contributed by atoms with E-state index in [0.29, 0.717) is 5.92 Å². The van der Waals surface area contributed by atoms with Gasteiger partial charge in [0.2, 0.25) is 0 Å². The summed E-state index contributed by atoms with van der Waals surface area (Å²) in [6, 6.07) is 1.75. The maximum absolute atomic E-state index is 12.1. The van der Waals surface area contributed by atoms with E-state index in [1.54, 1.807) is 10.7 Å². The minimum atomic E-state index is 0.0444. The summed E-state index contributed by atoms with van der Waals surface area (Å²) in [6.45, 7) is 5.00. The van der Waals surface area contributed by atoms with E-state index in [1.807, 2.05) is 6.20 Å². The third-order valence-corrected chi connectivity index (χ3v) is 4.22. The van der Waals surface area contributed by atoms with Crippen LogP contribution in [0, 0.1) is 5.92 Å². The molecule has 0 aromatic carbocycles. The third-order valence-electron chi connectivity index (χ3n) is 4.22. The molecule has 0 spiro atoms. The smallest absolute Gasteiger partial charge is 0.268 e. The Bertz CT molecular complexity index is 473. The summed E-state index contributed by atoms with van der Waals surface area (Å²) in [7, 11) is 0. The SMILES string of the molecule is O=c1cc(N2CCCC2)cnn1CC1CCNCC1. The molecule has 5 heteroatoms. The van der Waals surface area contributed by atoms with Crippen molar-refractivity contribution in [3.8, 4) is 0 Å². The van der Waals surface area contributed by atoms with Crippen molar-refractivity contribution in [2.75, 3.05) is 31.1 Å². The van der Waals surface area contributed by atoms with Crippen LogP contribution in [-0.2, 0) is 6.54 Å². The molecule has 0 radical (unpaired) electrons. The molecule has 0 saturated carbocycles. The van der Waals surface area contributed by atoms with Crippen LogP contribution in [0.5, 0.6) is 0 Å². The summed E-state index contributed by atoms with van der Waals surface area (Å²) in [5.41, 5.74) is 1.03. The Kier molecular flexibility index (Phi) is 3.82. The van der Waals surface area contributed by atoms with Crippen LogP contribution in [0.2, 0.25) is 0 Å². The highest BCUT2D eigenvalue weighted by Crippen LogP contribution is 2.17. The molecule has 19 heavy (non-hydrogen) atoms. The molecule has 3 heterocycles. The first kappa shape index (κ1) is 12.7. The minimum absolute atomic E-state index is 0.0444. The van der Waals surface area contributed by atoms with Crippen molar-refractivity contribution in [2.45, 2.75) is 32.2 Å². The van der Waals surface area contributed by atoms with Crippen LogP contribution in [0.3, 0.4) is 0 Å². The number of aromatic nitrogens is 2. The molecular weight excluding hydrogens is 240 g/mol. The van der Waals surface area contributed by atoms with Crippen LogP contribution in [0.4, 0.5) is 5.69 Å². The Morgan fingerprint density at radius 1 is 1.26 bits per heavy atom. The molecule has 1 aromatic rings. The van der Waals surface area contributed by atoms with Crippen molar-refractivity contribution in [1.29, 1.82) is 0 Å². The Labute approximate surface area is 113 Å². The van der Waals surface area contributed by atoms with Crippen molar-refractivity contribution in [3.63, 3.8) is 0 Å². The van der Waals surface area contributed by atoms with Gasteiger partial charge < -0.3 is 10.2 Å². The number of nitrogens with zero attached hydrogens (tertiary/aromatic N) is 3. The Balaban J connectivity index is 1.70. The standard InChI is InChI=1S/C14H22N4O/c19-14-9-13(17-7-1-2-8-17)10-16-18(14)11-12-3-5-15-6-4-12/h9-10,12,15H,1-8,11H2. The zero-order valence-corrected chi connectivity index (χ0v) is 11.3. The topological polar surface area (TPSA) is 50.2 Å². The number of nitrogens with one attached hydrogen (secondary N) is 1. The zero-order valence-electron chi connectivity index (χ0n) is 11.3. The van der Waals surface area contributed by atoms with Gasteiger partial charge in [0.25, 0.3) is 5.56 Å². The number of piperidine rings is 1. The minimum Gasteiger partial charge on any atom is -0.370 e. The van der Waals surface area contributed by atoms with Crippen LogP contribution in [0.1, 0.15) is 25.7 Å². The van der Waals surface area contributed by atoms with E-state index in [0.717, 1.165) is 51.3 Å². The molecule has 3 rings (SSSR count). The normalized spacial score (nSPS) is 20.9. The fourth-order valence-corrected chi connectivity index (χ4v) is 3.02. The predicted molar refractivity (Wildman–Crippen MR) is 75.5 cm³/mol. The van der Waals surface area contributed by atoms with Crippen LogP contribution >= 0.6 is 0 Å². The van der Waals surface area contributed by atoms with Crippen LogP contribution in [-0.4, -0.2) is 36.0 Å². The maximum atomic E-state index is 12.1. The molecule has 1 N–H and O–H groups in total. The Morgan fingerprint density at radius 2 is 2.00 bits per heavy atom. The van der Waals surface area contributed by atoms with Gasteiger partial charge in [-0.25, -0.2) is 4.68 Å². The van der Waals surface area contributed by atoms with Gasteiger partial charge in [0.05, 0.1) is 11.9 Å². The number of anilines is 1. The van der Waals surface area contributed by atoms with Gasteiger partial charge in [0, 0.05) is 25.7 Å². The summed E-state index contributed by atoms with van der Waals surface area (Å²) in [4.78, 5) is 14.4. The van der Waals surface area contributed by atoms with Crippen LogP contribution in [0.25, 0.3) is 0 Å². The van der Waals surface area contributed by atoms with E-state index in [1.165, 1.54) is 12.8 Å². The molecule has 0 amide bonds. The van der Waals surface area contributed by atoms with E-state index in [2.05, 4.69) is 15.3 Å². The van der Waals surface area contributed by atoms with E-state index in [9.17, 15) is 4.79 Å². The molecule has 5 nitrogen and oxygen atoms in total. The first-order chi connectivity index (χ1) is 9.33. The highest BCUT2D eigenvalue weighted by atomic mass is 16.1. The van der Waals surface area contributed by atoms with Crippen LogP contribution < -0.4 is 15.8 Å². The Morgan fingerprint density at radius 3 is 2.68 bits per heavy atom. The average Bonchev–Trinajstić information content (AvgIpc) is 2.96. The predicted octanol–water partition coefficient (Wildman–Crippen LogP) is 0.843. The molecule has 2 fully saturated rings. The van der Waals surface area contributed by atoms with Gasteiger partial charge in [-0.05, 0) is 44.7 Å². The van der Waals surface area contributed by atoms with Gasteiger partial charge in [-0.3, -0.25) is 4.79 Å². The molecular formula is C14H22N4O. The lowest BCUT2D eigenvalue weighted by molar-refractivity contribution is 0.315. The lowest BCUT2D eigenvalue weighted by atomic mass is 9.98. The van der Waals surface area contributed by atoms with Gasteiger partial charge >= 0.3 is 0 Å². The van der Waals surface area contributed by atoms with E-state index in [-0.39, 0.29) is 5.56 Å². The summed E-state index contributed by atoms with van der Waals surface area (Å²) in [5.74, 6) is 0.587. The summed E-state index contributed by atoms with van der Waals surface area (Å²) in [5, 5.41) is 7.71. The van der Waals surface area contributed by atoms with Gasteiger partial charge in [-0.15, -0.1) is 0 Å². The van der Waals surface area contributed by atoms with E-state index in [4.69, 9.17) is 0 Å². The number of rotatable bonds is 3. The fourth-order valence-electron chi connectivity index (χ4n) is 3.02. The average molecular weight is 262 g/mol. The second kappa shape index (κ2) is 5.74. The molecule has 0 bridgehead atoms. The van der Waals surface area contributed by atoms with E-state index < -0.39 is 0 Å². The molecule has 2 aliphatic rings. The molecule has 104 valence electrons. The van der Waals surface area contributed by atoms with Crippen LogP contribution in [0.15, 0.2) is 17.1 Å². The highest BCUT2D eigenvalue weighted by molar-refractivity contribution is 5.43. The molecule has 2 saturated heterocycles. The van der Waals surface area contributed by atoms with Crippen molar-refractivity contribution in [2.24, 2.45) is 5.92 Å². The quantitative estimate of drug-likeness (QED) is 0.877. The second-order valence-corrected chi connectivity index (χ2v) is 5.62. The zero-order chi connectivity index (χ0) is 13.1. The number of hydrogen-bond donors (Lipinski definition) is 1. The van der Waals surface area contributed by atoms with Gasteiger partial charge in [0.15, 0.2) is 0 Å². The third kappa shape index (κ3) is 2.97. The molecule has 0 atom stereocenters. The largest absolute Gasteiger partial charge is 0.370 e. The highest BCUT2D eigenvalue weighted by Gasteiger charge is 2.16. The van der Waals surface area contributed by atoms with Crippen molar-refractivity contribution < 1.29 is 0 Å². The molecule has 0 unspecified atom stereocenters. The van der Waals surface area contributed by atoms with Gasteiger partial charge in [-0.1, -0.05) is 0 Å². The number of hydrogen-bond acceptors (Lipinski definition) is 4. The molecule has 2 aliphatic heterocycles. The first-order valence-electron chi connectivity index (χ1n) is 7.36. The summed E-state index contributed by atoms with van der Waals surface area (Å²) < 4.78 is 1.63. The monoisotopic (exact) mass is 262 g/mol. The molecule has 0 aliphatic carbocycles. The second-order valence-electron chi connectivity index (χ2n) is 5.62. The summed E-state index contributed by atoms with van der Waals surface area (Å²) in [6.07, 6.45) is 6.58. The van der Waals surface area contributed by atoms with Crippen molar-refractivity contribution in [1.82, 2.24) is 15.1 Å². The maximum Gasteiger partial charge on any atom is 0.268 e. The van der Waals surface area contributed by atoms with Crippen molar-refractivity contribution in [3.05, 3.63) is 22.6 Å². The van der Waals surface area contributed by atoms with Gasteiger partial charge in [0.1, 0.15) is 0 Å². The van der Waals surface area contributed by atoms with Crippen molar-refractivity contribution >= 4 is 5.69 Å². The first-order valence-corrected chi connectivity index (χ1v) is 7.36.